The van der Waals surface area contributed by atoms with Gasteiger partial charge in [-0.2, -0.15) is 0 Å². The maximum Gasteiger partial charge on any atom is 0.306 e. The summed E-state index contributed by atoms with van der Waals surface area (Å²) >= 11 is 0. The summed E-state index contributed by atoms with van der Waals surface area (Å²) < 4.78 is 17.0. The predicted molar refractivity (Wildman–Crippen MR) is 362 cm³/mol. The summed E-state index contributed by atoms with van der Waals surface area (Å²) in [5.41, 5.74) is 0. The number of unbranched alkanes of at least 4 members (excludes halogenated alkanes) is 38. The van der Waals surface area contributed by atoms with Gasteiger partial charge in [-0.25, -0.2) is 0 Å². The Morgan fingerprint density at radius 2 is 0.482 bits per heavy atom. The van der Waals surface area contributed by atoms with Gasteiger partial charge in [0, 0.05) is 19.3 Å². The lowest BCUT2D eigenvalue weighted by atomic mass is 10.0. The molecule has 1 atom stereocenters. The molecule has 0 saturated heterocycles. The standard InChI is InChI=1S/C77H134O6/c1-4-7-10-13-16-19-22-25-28-31-33-35-37-38-40-41-43-46-49-52-55-58-61-64-67-70-76(79)82-73-74(72-81-75(78)69-66-63-60-57-54-51-48-45-30-27-24-21-18-15-12-9-6-3)83-77(80)71-68-65-62-59-56-53-50-47-44-42-39-36-34-32-29-26-23-20-17-14-11-8-5-2/h9,12,18,21-22,25,27,30-34,48,51,57,60,74H,4-8,10-11,13-17,19-20,23-24,26,28-29,35-47,49-50,52-56,58-59,61-73H2,1-3H3/b12-9-,21-18-,25-22-,30-27-,33-31-,34-32-,51-48-,60-57-. The highest BCUT2D eigenvalue weighted by atomic mass is 16.6. The monoisotopic (exact) mass is 1160 g/mol. The van der Waals surface area contributed by atoms with E-state index >= 15 is 0 Å². The van der Waals surface area contributed by atoms with Crippen LogP contribution in [0.4, 0.5) is 0 Å². The summed E-state index contributed by atoms with van der Waals surface area (Å²) in [6.07, 6.45) is 95.8. The molecule has 6 nitrogen and oxygen atoms in total. The number of carbonyl (C=O) groups excluding carboxylic acids is 3. The highest BCUT2D eigenvalue weighted by Gasteiger charge is 2.19. The Labute approximate surface area is 515 Å². The fourth-order valence-electron chi connectivity index (χ4n) is 10.2. The lowest BCUT2D eigenvalue weighted by Crippen LogP contribution is -2.30. The molecule has 0 aliphatic rings. The number of carbonyl (C=O) groups is 3. The zero-order valence-corrected chi connectivity index (χ0v) is 54.9. The molecule has 0 N–H and O–H groups in total. The minimum atomic E-state index is -0.804. The van der Waals surface area contributed by atoms with E-state index in [9.17, 15) is 14.4 Å². The molecule has 0 aromatic heterocycles. The van der Waals surface area contributed by atoms with Crippen molar-refractivity contribution in [2.45, 2.75) is 361 Å². The number of ether oxygens (including phenoxy) is 3. The van der Waals surface area contributed by atoms with Crippen molar-refractivity contribution < 1.29 is 28.6 Å². The van der Waals surface area contributed by atoms with Crippen LogP contribution >= 0.6 is 0 Å². The van der Waals surface area contributed by atoms with Gasteiger partial charge in [0.15, 0.2) is 6.10 Å². The Morgan fingerprint density at radius 1 is 0.253 bits per heavy atom. The molecule has 0 bridgehead atoms. The molecule has 0 aliphatic heterocycles. The van der Waals surface area contributed by atoms with Gasteiger partial charge in [-0.3, -0.25) is 14.4 Å². The molecule has 0 amide bonds. The number of hydrogen-bond acceptors (Lipinski definition) is 6. The Kier molecular flexibility index (Phi) is 67.7. The molecule has 478 valence electrons. The second-order valence-corrected chi connectivity index (χ2v) is 23.8. The van der Waals surface area contributed by atoms with Crippen LogP contribution in [-0.2, 0) is 28.6 Å². The third kappa shape index (κ3) is 69.0. The maximum atomic E-state index is 13.0. The Bertz CT molecular complexity index is 1610. The van der Waals surface area contributed by atoms with Crippen molar-refractivity contribution >= 4 is 17.9 Å². The summed E-state index contributed by atoms with van der Waals surface area (Å²) in [5.74, 6) is -0.940. The van der Waals surface area contributed by atoms with E-state index in [-0.39, 0.29) is 37.5 Å². The van der Waals surface area contributed by atoms with Gasteiger partial charge in [0.1, 0.15) is 13.2 Å². The summed E-state index contributed by atoms with van der Waals surface area (Å²) in [6.45, 7) is 6.51. The maximum absolute atomic E-state index is 13.0. The van der Waals surface area contributed by atoms with Gasteiger partial charge in [-0.05, 0) is 116 Å². The van der Waals surface area contributed by atoms with E-state index in [1.807, 2.05) is 0 Å². The Hall–Kier alpha value is -3.67. The molecule has 0 saturated carbocycles. The lowest BCUT2D eigenvalue weighted by molar-refractivity contribution is -0.167. The number of rotatable bonds is 65. The van der Waals surface area contributed by atoms with E-state index in [1.165, 1.54) is 225 Å². The summed E-state index contributed by atoms with van der Waals surface area (Å²) in [7, 11) is 0. The Balaban J connectivity index is 4.38. The molecule has 0 radical (unpaired) electrons. The van der Waals surface area contributed by atoms with Gasteiger partial charge in [0.05, 0.1) is 0 Å². The second-order valence-electron chi connectivity index (χ2n) is 23.8. The first-order chi connectivity index (χ1) is 41.0. The van der Waals surface area contributed by atoms with Crippen molar-refractivity contribution in [2.75, 3.05) is 13.2 Å². The lowest BCUT2D eigenvalue weighted by Gasteiger charge is -2.18. The summed E-state index contributed by atoms with van der Waals surface area (Å²) in [4.78, 5) is 38.5. The van der Waals surface area contributed by atoms with Gasteiger partial charge in [0.25, 0.3) is 0 Å². The van der Waals surface area contributed by atoms with Crippen molar-refractivity contribution in [1.29, 1.82) is 0 Å². The van der Waals surface area contributed by atoms with Crippen molar-refractivity contribution in [3.63, 3.8) is 0 Å². The second kappa shape index (κ2) is 70.8. The van der Waals surface area contributed by atoms with Crippen LogP contribution < -0.4 is 0 Å². The highest BCUT2D eigenvalue weighted by Crippen LogP contribution is 2.17. The molecule has 1 unspecified atom stereocenters. The van der Waals surface area contributed by atoms with Gasteiger partial charge in [-0.1, -0.05) is 317 Å². The van der Waals surface area contributed by atoms with Gasteiger partial charge in [0.2, 0.25) is 0 Å². The van der Waals surface area contributed by atoms with Crippen molar-refractivity contribution in [2.24, 2.45) is 0 Å². The molecule has 83 heavy (non-hydrogen) atoms. The predicted octanol–water partition coefficient (Wildman–Crippen LogP) is 24.8. The fraction of sp³-hybridized carbons (Fsp3) is 0.753. The van der Waals surface area contributed by atoms with Crippen molar-refractivity contribution in [3.8, 4) is 0 Å². The molecular weight excluding hydrogens is 1020 g/mol. The summed E-state index contributed by atoms with van der Waals surface area (Å²) in [5, 5.41) is 0. The zero-order chi connectivity index (χ0) is 59.9. The SMILES string of the molecule is CC/C=C\C/C=C\C/C=C\C/C=C\C/C=C\CCCC(=O)OCC(COC(=O)CCCCCCCCCCCCCCC/C=C\C/C=C\CCCCCCC)OC(=O)CCCCCCCCCCCCC/C=C\CCCCCCCCCC. The molecule has 0 heterocycles. The van der Waals surface area contributed by atoms with Gasteiger partial charge in [-0.15, -0.1) is 0 Å². The zero-order valence-electron chi connectivity index (χ0n) is 54.9. The van der Waals surface area contributed by atoms with E-state index in [2.05, 4.69) is 118 Å². The van der Waals surface area contributed by atoms with E-state index < -0.39 is 6.10 Å². The number of esters is 3. The van der Waals surface area contributed by atoms with Crippen LogP contribution in [0.5, 0.6) is 0 Å². The number of hydrogen-bond donors (Lipinski definition) is 0. The quantitative estimate of drug-likeness (QED) is 0.0261. The Morgan fingerprint density at radius 3 is 0.795 bits per heavy atom. The van der Waals surface area contributed by atoms with Crippen LogP contribution in [-0.4, -0.2) is 37.2 Å². The topological polar surface area (TPSA) is 78.9 Å². The van der Waals surface area contributed by atoms with E-state index in [1.54, 1.807) is 0 Å². The first kappa shape index (κ1) is 79.3. The molecule has 0 spiro atoms. The van der Waals surface area contributed by atoms with Gasteiger partial charge < -0.3 is 14.2 Å². The van der Waals surface area contributed by atoms with E-state index in [0.29, 0.717) is 19.3 Å². The third-order valence-electron chi connectivity index (χ3n) is 15.5. The van der Waals surface area contributed by atoms with E-state index in [4.69, 9.17) is 14.2 Å². The minimum absolute atomic E-state index is 0.0941. The highest BCUT2D eigenvalue weighted by molar-refractivity contribution is 5.71. The molecule has 0 rings (SSSR count). The molecule has 0 aromatic carbocycles. The fourth-order valence-corrected chi connectivity index (χ4v) is 10.2. The molecular formula is C77H134O6. The summed E-state index contributed by atoms with van der Waals surface area (Å²) in [6, 6.07) is 0. The minimum Gasteiger partial charge on any atom is -0.462 e. The first-order valence-electron chi connectivity index (χ1n) is 35.7. The van der Waals surface area contributed by atoms with Crippen LogP contribution in [0.1, 0.15) is 355 Å². The smallest absolute Gasteiger partial charge is 0.306 e. The van der Waals surface area contributed by atoms with Crippen LogP contribution in [0.2, 0.25) is 0 Å². The van der Waals surface area contributed by atoms with Crippen molar-refractivity contribution in [3.05, 3.63) is 97.2 Å². The normalized spacial score (nSPS) is 12.7. The molecule has 0 aromatic rings. The average Bonchev–Trinajstić information content (AvgIpc) is 3.49. The molecule has 0 aliphatic carbocycles. The molecule has 6 heteroatoms. The van der Waals surface area contributed by atoms with Crippen LogP contribution in [0.3, 0.4) is 0 Å². The van der Waals surface area contributed by atoms with Gasteiger partial charge >= 0.3 is 17.9 Å². The average molecular weight is 1160 g/mol. The van der Waals surface area contributed by atoms with Crippen LogP contribution in [0.15, 0.2) is 97.2 Å². The largest absolute Gasteiger partial charge is 0.462 e. The third-order valence-corrected chi connectivity index (χ3v) is 15.5. The van der Waals surface area contributed by atoms with Crippen molar-refractivity contribution in [1.82, 2.24) is 0 Å². The van der Waals surface area contributed by atoms with E-state index in [0.717, 1.165) is 83.5 Å². The first-order valence-corrected chi connectivity index (χ1v) is 35.7. The molecule has 0 fully saturated rings. The number of allylic oxidation sites excluding steroid dienone is 16. The van der Waals surface area contributed by atoms with Crippen LogP contribution in [0, 0.1) is 0 Å². The van der Waals surface area contributed by atoms with Crippen LogP contribution in [0.25, 0.3) is 0 Å².